The zero-order chi connectivity index (χ0) is 14.8. The predicted molar refractivity (Wildman–Crippen MR) is 82.1 cm³/mol. The topological polar surface area (TPSA) is 24.1 Å². The molecule has 1 aromatic heterocycles. The van der Waals surface area contributed by atoms with Gasteiger partial charge in [-0.2, -0.15) is 0 Å². The van der Waals surface area contributed by atoms with Crippen molar-refractivity contribution < 1.29 is 14.1 Å². The van der Waals surface area contributed by atoms with Crippen LogP contribution in [0.25, 0.3) is 23.1 Å². The number of aryl methyl sites for hydroxylation is 1. The van der Waals surface area contributed by atoms with Crippen LogP contribution in [0.15, 0.2) is 54.7 Å². The second kappa shape index (κ2) is 5.37. The number of fused-ring (bicyclic) bond motifs is 1. The molecule has 3 aromatic rings. The van der Waals surface area contributed by atoms with E-state index in [-0.39, 0.29) is 5.75 Å². The Kier molecular flexibility index (Phi) is 3.40. The van der Waals surface area contributed by atoms with Crippen molar-refractivity contribution in [1.82, 2.24) is 0 Å². The highest BCUT2D eigenvalue weighted by molar-refractivity contribution is 5.88. The molecule has 0 aliphatic carbocycles. The minimum atomic E-state index is -0.610. The molecule has 0 spiro atoms. The summed E-state index contributed by atoms with van der Waals surface area (Å²) in [6, 6.07) is 14.5. The highest BCUT2D eigenvalue weighted by atomic mass is 19.1. The van der Waals surface area contributed by atoms with Crippen LogP contribution in [0.5, 0.6) is 5.75 Å². The van der Waals surface area contributed by atoms with Gasteiger partial charge in [0.15, 0.2) is 17.8 Å². The van der Waals surface area contributed by atoms with Gasteiger partial charge in [-0.05, 0) is 29.3 Å². The number of hydrogen-bond acceptors (Lipinski definition) is 1. The summed E-state index contributed by atoms with van der Waals surface area (Å²) >= 11 is 0. The first-order valence-corrected chi connectivity index (χ1v) is 6.69. The minimum Gasteiger partial charge on any atom is -0.505 e. The summed E-state index contributed by atoms with van der Waals surface area (Å²) in [4.78, 5) is 0. The molecule has 2 aromatic carbocycles. The van der Waals surface area contributed by atoms with Crippen molar-refractivity contribution in [3.63, 3.8) is 0 Å². The van der Waals surface area contributed by atoms with E-state index in [9.17, 15) is 9.50 Å². The fourth-order valence-corrected chi connectivity index (χ4v) is 2.35. The summed E-state index contributed by atoms with van der Waals surface area (Å²) in [5.74, 6) is -0.939. The molecular weight excluding hydrogens is 265 g/mol. The molecule has 0 saturated heterocycles. The fourth-order valence-electron chi connectivity index (χ4n) is 2.35. The second-order valence-electron chi connectivity index (χ2n) is 4.94. The van der Waals surface area contributed by atoms with Crippen LogP contribution in [0.3, 0.4) is 0 Å². The number of aromatic hydroxyl groups is 1. The Morgan fingerprint density at radius 2 is 1.86 bits per heavy atom. The largest absolute Gasteiger partial charge is 0.505 e. The summed E-state index contributed by atoms with van der Waals surface area (Å²) in [5.41, 5.74) is 2.91. The van der Waals surface area contributed by atoms with Crippen molar-refractivity contribution in [3.05, 3.63) is 71.7 Å². The van der Waals surface area contributed by atoms with Crippen LogP contribution in [0.4, 0.5) is 4.39 Å². The van der Waals surface area contributed by atoms with Gasteiger partial charge in [-0.3, -0.25) is 0 Å². The van der Waals surface area contributed by atoms with Crippen molar-refractivity contribution in [3.8, 4) is 5.75 Å². The van der Waals surface area contributed by atoms with Gasteiger partial charge in [0, 0.05) is 12.1 Å². The summed E-state index contributed by atoms with van der Waals surface area (Å²) in [5, 5.41) is 10.3. The summed E-state index contributed by atoms with van der Waals surface area (Å²) < 4.78 is 15.4. The molecule has 0 radical (unpaired) electrons. The summed E-state index contributed by atoms with van der Waals surface area (Å²) in [7, 11) is 2.01. The third kappa shape index (κ3) is 2.63. The van der Waals surface area contributed by atoms with Crippen molar-refractivity contribution in [1.29, 1.82) is 0 Å². The average Bonchev–Trinajstić information content (AvgIpc) is 2.50. The first-order chi connectivity index (χ1) is 10.1. The van der Waals surface area contributed by atoms with Crippen LogP contribution in [0.1, 0.15) is 11.1 Å². The number of benzene rings is 2. The van der Waals surface area contributed by atoms with E-state index in [1.54, 1.807) is 6.07 Å². The molecule has 0 atom stereocenters. The quantitative estimate of drug-likeness (QED) is 0.711. The predicted octanol–water partition coefficient (Wildman–Crippen LogP) is 3.68. The maximum Gasteiger partial charge on any atom is 0.212 e. The first kappa shape index (κ1) is 13.3. The Hall–Kier alpha value is -2.68. The summed E-state index contributed by atoms with van der Waals surface area (Å²) in [6.45, 7) is 0. The molecule has 0 fully saturated rings. The maximum atomic E-state index is 13.3. The summed E-state index contributed by atoms with van der Waals surface area (Å²) in [6.07, 6.45) is 5.79. The normalized spacial score (nSPS) is 11.3. The Morgan fingerprint density at radius 1 is 1.05 bits per heavy atom. The van der Waals surface area contributed by atoms with E-state index < -0.39 is 5.82 Å². The molecule has 104 valence electrons. The second-order valence-corrected chi connectivity index (χ2v) is 4.94. The first-order valence-electron chi connectivity index (χ1n) is 6.69. The van der Waals surface area contributed by atoms with E-state index in [0.717, 1.165) is 16.5 Å². The van der Waals surface area contributed by atoms with Gasteiger partial charge in [0.25, 0.3) is 0 Å². The number of hydrogen-bond donors (Lipinski definition) is 1. The van der Waals surface area contributed by atoms with Crippen molar-refractivity contribution in [2.24, 2.45) is 7.05 Å². The molecule has 3 heteroatoms. The van der Waals surface area contributed by atoms with Gasteiger partial charge in [0.1, 0.15) is 7.05 Å². The van der Waals surface area contributed by atoms with Crippen LogP contribution >= 0.6 is 0 Å². The van der Waals surface area contributed by atoms with Gasteiger partial charge in [0.2, 0.25) is 5.52 Å². The molecule has 0 amide bonds. The standard InChI is InChI=1S/C18H14FNO/c1-20-11-10-14(15-4-2-3-5-17(15)20)8-6-13-7-9-18(21)16(19)12-13/h2-12H,1H3/p+1. The van der Waals surface area contributed by atoms with E-state index in [1.165, 1.54) is 12.1 Å². The lowest BCUT2D eigenvalue weighted by Gasteiger charge is -2.01. The van der Waals surface area contributed by atoms with E-state index >= 15 is 0 Å². The van der Waals surface area contributed by atoms with Gasteiger partial charge in [-0.25, -0.2) is 8.96 Å². The highest BCUT2D eigenvalue weighted by Crippen LogP contribution is 2.20. The molecule has 21 heavy (non-hydrogen) atoms. The van der Waals surface area contributed by atoms with Crippen molar-refractivity contribution >= 4 is 23.1 Å². The molecule has 0 unspecified atom stereocenters. The number of aromatic nitrogens is 1. The number of phenols is 1. The lowest BCUT2D eigenvalue weighted by Crippen LogP contribution is -2.28. The Labute approximate surface area is 122 Å². The zero-order valence-corrected chi connectivity index (χ0v) is 11.6. The van der Waals surface area contributed by atoms with Crippen molar-refractivity contribution in [2.45, 2.75) is 0 Å². The highest BCUT2D eigenvalue weighted by Gasteiger charge is 2.06. The number of halogens is 1. The maximum absolute atomic E-state index is 13.3. The fraction of sp³-hybridized carbons (Fsp3) is 0.0556. The third-order valence-corrected chi connectivity index (χ3v) is 3.50. The van der Waals surface area contributed by atoms with E-state index in [2.05, 4.69) is 16.7 Å². The lowest BCUT2D eigenvalue weighted by atomic mass is 10.1. The molecule has 0 aliphatic heterocycles. The minimum absolute atomic E-state index is 0.329. The molecule has 0 bridgehead atoms. The van der Waals surface area contributed by atoms with E-state index in [1.807, 2.05) is 43.6 Å². The molecule has 0 saturated carbocycles. The zero-order valence-electron chi connectivity index (χ0n) is 11.6. The molecule has 3 rings (SSSR count). The van der Waals surface area contributed by atoms with Crippen LogP contribution in [-0.2, 0) is 7.05 Å². The van der Waals surface area contributed by atoms with Gasteiger partial charge in [-0.15, -0.1) is 0 Å². The number of rotatable bonds is 2. The number of para-hydroxylation sites is 1. The lowest BCUT2D eigenvalue weighted by molar-refractivity contribution is -0.644. The molecule has 0 aliphatic rings. The number of pyridine rings is 1. The van der Waals surface area contributed by atoms with Crippen molar-refractivity contribution in [2.75, 3.05) is 0 Å². The average molecular weight is 280 g/mol. The van der Waals surface area contributed by atoms with Crippen LogP contribution in [-0.4, -0.2) is 5.11 Å². The van der Waals surface area contributed by atoms with E-state index in [0.29, 0.717) is 5.56 Å². The Balaban J connectivity index is 2.03. The smallest absolute Gasteiger partial charge is 0.212 e. The van der Waals surface area contributed by atoms with Gasteiger partial charge in [-0.1, -0.05) is 30.4 Å². The molecule has 2 nitrogen and oxygen atoms in total. The van der Waals surface area contributed by atoms with Crippen LogP contribution < -0.4 is 4.57 Å². The van der Waals surface area contributed by atoms with Gasteiger partial charge < -0.3 is 5.11 Å². The molecule has 1 heterocycles. The van der Waals surface area contributed by atoms with Gasteiger partial charge in [0.05, 0.1) is 5.39 Å². The SMILES string of the molecule is C[n+]1ccc(/C=C/c2ccc(O)c(F)c2)c2ccccc21. The number of nitrogens with zero attached hydrogens (tertiary/aromatic N) is 1. The third-order valence-electron chi connectivity index (χ3n) is 3.50. The molecular formula is C18H15FNO+. The van der Waals surface area contributed by atoms with Crippen LogP contribution in [0, 0.1) is 5.82 Å². The van der Waals surface area contributed by atoms with Crippen LogP contribution in [0.2, 0.25) is 0 Å². The monoisotopic (exact) mass is 280 g/mol. The van der Waals surface area contributed by atoms with E-state index in [4.69, 9.17) is 0 Å². The Morgan fingerprint density at radius 3 is 2.67 bits per heavy atom. The van der Waals surface area contributed by atoms with Gasteiger partial charge >= 0.3 is 0 Å². The molecule has 1 N–H and O–H groups in total. The Bertz CT molecular complexity index is 840. The number of phenolic OH excluding ortho intramolecular Hbond substituents is 1.